The van der Waals surface area contributed by atoms with Crippen molar-refractivity contribution in [2.45, 2.75) is 32.2 Å². The average molecular weight is 448 g/mol. The van der Waals surface area contributed by atoms with Crippen LogP contribution in [0.4, 0.5) is 0 Å². The molecule has 0 amide bonds. The Kier molecular flexibility index (Phi) is 13.0. The van der Waals surface area contributed by atoms with Gasteiger partial charge in [0.1, 0.15) is 5.75 Å². The van der Waals surface area contributed by atoms with E-state index < -0.39 is 18.3 Å². The zero-order valence-electron chi connectivity index (χ0n) is 17.5. The monoisotopic (exact) mass is 448 g/mol. The molecule has 162 valence electrons. The minimum atomic E-state index is -0.847. The molecule has 1 aromatic carbocycles. The van der Waals surface area contributed by atoms with E-state index in [0.717, 1.165) is 39.3 Å². The molecule has 1 heterocycles. The van der Waals surface area contributed by atoms with Gasteiger partial charge in [0.15, 0.2) is 0 Å². The summed E-state index contributed by atoms with van der Waals surface area (Å²) in [7, 11) is 0. The van der Waals surface area contributed by atoms with Crippen molar-refractivity contribution < 1.29 is 37.1 Å². The third kappa shape index (κ3) is 11.3. The molecule has 0 saturated carbocycles. The first kappa shape index (κ1) is 26.3. The van der Waals surface area contributed by atoms with Gasteiger partial charge >= 0.3 is 17.1 Å². The van der Waals surface area contributed by atoms with Crippen LogP contribution in [0.25, 0.3) is 0 Å². The summed E-state index contributed by atoms with van der Waals surface area (Å²) >= 11 is 0. The number of rotatable bonds is 9. The van der Waals surface area contributed by atoms with Gasteiger partial charge in [0.25, 0.3) is 0 Å². The van der Waals surface area contributed by atoms with Gasteiger partial charge in [0.05, 0.1) is 6.61 Å². The summed E-state index contributed by atoms with van der Waals surface area (Å²) in [5.41, 5.74) is 0. The van der Waals surface area contributed by atoms with Crippen molar-refractivity contribution in [3.8, 4) is 5.75 Å². The fraction of sp³-hybridized carbons (Fsp3) is 0.714. The smallest absolute Gasteiger partial charge is 0.851 e. The van der Waals surface area contributed by atoms with Crippen molar-refractivity contribution in [1.29, 1.82) is 0 Å². The Morgan fingerprint density at radius 2 is 1.17 bits per heavy atom. The van der Waals surface area contributed by atoms with Crippen molar-refractivity contribution in [2.75, 3.05) is 65.5 Å². The van der Waals surface area contributed by atoms with Crippen molar-refractivity contribution in [2.24, 2.45) is 0 Å². The van der Waals surface area contributed by atoms with Crippen LogP contribution >= 0.6 is 0 Å². The maximum atomic E-state index is 12.5. The summed E-state index contributed by atoms with van der Waals surface area (Å²) in [6.45, 7) is 9.45. The van der Waals surface area contributed by atoms with Gasteiger partial charge in [0, 0.05) is 39.3 Å². The zero-order valence-corrected chi connectivity index (χ0v) is 18.6. The number of benzene rings is 1. The Bertz CT molecular complexity index is 514. The topological polar surface area (TPSA) is 88.1 Å². The second-order valence-corrected chi connectivity index (χ2v) is 7.77. The molecule has 1 aliphatic rings. The molecule has 3 atom stereocenters. The second-order valence-electron chi connectivity index (χ2n) is 7.77. The molecule has 0 spiro atoms. The van der Waals surface area contributed by atoms with Gasteiger partial charge in [0.2, 0.25) is 0 Å². The van der Waals surface area contributed by atoms with Gasteiger partial charge in [-0.3, -0.25) is 0 Å². The summed E-state index contributed by atoms with van der Waals surface area (Å²) < 4.78 is 5.59. The van der Waals surface area contributed by atoms with E-state index in [9.17, 15) is 15.3 Å². The molecular weight excluding hydrogens is 414 g/mol. The van der Waals surface area contributed by atoms with Crippen LogP contribution in [0.3, 0.4) is 0 Å². The van der Waals surface area contributed by atoms with Gasteiger partial charge < -0.3 is 34.8 Å². The number of nitrogens with zero attached hydrogens (tertiary/aromatic N) is 3. The van der Waals surface area contributed by atoms with Gasteiger partial charge in [-0.1, -0.05) is 38.2 Å². The van der Waals surface area contributed by atoms with E-state index in [1.165, 1.54) is 0 Å². The van der Waals surface area contributed by atoms with Crippen LogP contribution in [0.2, 0.25) is 0 Å². The molecule has 1 aromatic rings. The van der Waals surface area contributed by atoms with E-state index in [1.807, 2.05) is 30.3 Å². The van der Waals surface area contributed by atoms with Crippen LogP contribution in [0.15, 0.2) is 30.3 Å². The van der Waals surface area contributed by atoms with Crippen molar-refractivity contribution in [3.05, 3.63) is 30.3 Å². The van der Waals surface area contributed by atoms with Crippen LogP contribution in [-0.2, 0) is 17.1 Å². The average Bonchev–Trinajstić information content (AvgIpc) is 2.73. The Balaban J connectivity index is 0.00000420. The molecule has 7 nitrogen and oxygen atoms in total. The summed E-state index contributed by atoms with van der Waals surface area (Å²) in [6.07, 6.45) is -2.14. The Morgan fingerprint density at radius 1 is 0.759 bits per heavy atom. The third-order valence-corrected chi connectivity index (χ3v) is 4.87. The number of hydrogen-bond acceptors (Lipinski definition) is 7. The molecule has 1 aliphatic heterocycles. The van der Waals surface area contributed by atoms with E-state index in [-0.39, 0.29) is 23.7 Å². The Labute approximate surface area is 185 Å². The molecule has 0 unspecified atom stereocenters. The minimum Gasteiger partial charge on any atom is -0.851 e. The maximum absolute atomic E-state index is 12.5. The van der Waals surface area contributed by atoms with Crippen LogP contribution in [0, 0.1) is 0 Å². The van der Waals surface area contributed by atoms with E-state index >= 15 is 0 Å². The first-order chi connectivity index (χ1) is 13.4. The Hall–Kier alpha value is -0.701. The summed E-state index contributed by atoms with van der Waals surface area (Å²) in [6, 6.07) is 9.36. The molecule has 1 fully saturated rings. The molecule has 2 rings (SSSR count). The number of ether oxygens (including phenoxy) is 1. The molecule has 0 aromatic heterocycles. The van der Waals surface area contributed by atoms with Crippen molar-refractivity contribution in [1.82, 2.24) is 14.7 Å². The van der Waals surface area contributed by atoms with Crippen LogP contribution < -0.4 is 20.1 Å². The first-order valence-corrected chi connectivity index (χ1v) is 10.2. The predicted molar refractivity (Wildman–Crippen MR) is 104 cm³/mol. The molecule has 0 radical (unpaired) electrons. The number of hydrogen-bond donors (Lipinski definition) is 0. The zero-order chi connectivity index (χ0) is 20.4. The Morgan fingerprint density at radius 3 is 1.59 bits per heavy atom. The van der Waals surface area contributed by atoms with Crippen molar-refractivity contribution >= 4 is 0 Å². The van der Waals surface area contributed by atoms with Crippen LogP contribution in [0.1, 0.15) is 13.8 Å². The second kappa shape index (κ2) is 14.3. The van der Waals surface area contributed by atoms with Crippen LogP contribution in [0.5, 0.6) is 5.75 Å². The summed E-state index contributed by atoms with van der Waals surface area (Å²) in [4.78, 5) is 6.44. The van der Waals surface area contributed by atoms with Gasteiger partial charge in [-0.25, -0.2) is 0 Å². The first-order valence-electron chi connectivity index (χ1n) is 10.2. The van der Waals surface area contributed by atoms with Gasteiger partial charge in [-0.2, -0.15) is 0 Å². The fourth-order valence-corrected chi connectivity index (χ4v) is 3.51. The standard InChI is InChI=1S/C21H34N3O4.Fe/c1-18(25)14-22-8-9-23(15-19(2)26)11-13-24(12-10-22)16-20(27)17-28-21-6-4-3-5-7-21;/h3-7,18-20H,8-17H2,1-2H3;/q-3;+6/t18-,19-,20+;/m0./s1. The summed E-state index contributed by atoms with van der Waals surface area (Å²) in [5.74, 6) is 0.707. The van der Waals surface area contributed by atoms with Gasteiger partial charge in [-0.15, -0.1) is 12.2 Å². The number of para-hydroxylation sites is 1. The normalized spacial score (nSPS) is 20.6. The van der Waals surface area contributed by atoms with E-state index in [4.69, 9.17) is 4.74 Å². The molecule has 1 saturated heterocycles. The molecule has 0 bridgehead atoms. The quantitative estimate of drug-likeness (QED) is 0.413. The fourth-order valence-electron chi connectivity index (χ4n) is 3.51. The maximum Gasteiger partial charge on any atom is 6.00 e. The largest absolute Gasteiger partial charge is 6.00 e. The predicted octanol–water partition coefficient (Wildman–Crippen LogP) is -1.79. The van der Waals surface area contributed by atoms with E-state index in [0.29, 0.717) is 25.4 Å². The SMILES string of the molecule is C[C@H]([O-])CN1CCN(C[C@@H]([O-])COc2ccccc2)CCN(C[C@H](C)[O-])CC1.[Fe+6]. The van der Waals surface area contributed by atoms with E-state index in [1.54, 1.807) is 13.8 Å². The van der Waals surface area contributed by atoms with Crippen molar-refractivity contribution in [3.63, 3.8) is 0 Å². The van der Waals surface area contributed by atoms with E-state index in [2.05, 4.69) is 14.7 Å². The molecule has 0 N–H and O–H groups in total. The molecule has 8 heteroatoms. The molecule has 0 aliphatic carbocycles. The van der Waals surface area contributed by atoms with Crippen LogP contribution in [-0.4, -0.2) is 98.5 Å². The molecular formula is C21H34FeN3O4+3. The third-order valence-electron chi connectivity index (χ3n) is 4.87. The van der Waals surface area contributed by atoms with Gasteiger partial charge in [-0.05, 0) is 31.8 Å². The molecule has 29 heavy (non-hydrogen) atoms. The summed E-state index contributed by atoms with van der Waals surface area (Å²) in [5, 5.41) is 35.7. The minimum absolute atomic E-state index is 0.